The van der Waals surface area contributed by atoms with Gasteiger partial charge in [0, 0.05) is 41.9 Å². The average Bonchev–Trinajstić information content (AvgIpc) is 2.96. The molecule has 4 rings (SSSR count). The summed E-state index contributed by atoms with van der Waals surface area (Å²) in [5.74, 6) is 0. The number of nitrogens with zero attached hydrogens (tertiary/aromatic N) is 2. The van der Waals surface area contributed by atoms with Crippen LogP contribution >= 0.6 is 0 Å². The summed E-state index contributed by atoms with van der Waals surface area (Å²) in [6.07, 6.45) is 4.61. The Kier molecular flexibility index (Phi) is 4.06. The highest BCUT2D eigenvalue weighted by molar-refractivity contribution is 5.95. The van der Waals surface area contributed by atoms with Crippen molar-refractivity contribution in [1.82, 2.24) is 0 Å². The van der Waals surface area contributed by atoms with E-state index in [4.69, 9.17) is 0 Å². The van der Waals surface area contributed by atoms with Crippen molar-refractivity contribution in [3.63, 3.8) is 0 Å². The zero-order valence-corrected chi connectivity index (χ0v) is 17.5. The lowest BCUT2D eigenvalue weighted by Gasteiger charge is -2.24. The van der Waals surface area contributed by atoms with Crippen molar-refractivity contribution in [3.8, 4) is 0 Å². The molecule has 0 fully saturated rings. The highest BCUT2D eigenvalue weighted by Crippen LogP contribution is 2.47. The van der Waals surface area contributed by atoms with Gasteiger partial charge in [-0.2, -0.15) is 0 Å². The van der Waals surface area contributed by atoms with Gasteiger partial charge in [0.25, 0.3) is 0 Å². The highest BCUT2D eigenvalue weighted by Gasteiger charge is 2.43. The van der Waals surface area contributed by atoms with Gasteiger partial charge >= 0.3 is 0 Å². The van der Waals surface area contributed by atoms with Gasteiger partial charge in [0.1, 0.15) is 7.05 Å². The van der Waals surface area contributed by atoms with Crippen molar-refractivity contribution in [3.05, 3.63) is 71.4 Å². The number of hydrogen-bond donors (Lipinski definition) is 0. The summed E-state index contributed by atoms with van der Waals surface area (Å²) >= 11 is 0. The molecule has 0 amide bonds. The van der Waals surface area contributed by atoms with Gasteiger partial charge < -0.3 is 4.90 Å². The molecule has 2 nitrogen and oxygen atoms in total. The lowest BCUT2D eigenvalue weighted by atomic mass is 9.79. The van der Waals surface area contributed by atoms with Gasteiger partial charge in [0.2, 0.25) is 5.69 Å². The quantitative estimate of drug-likeness (QED) is 0.629. The average molecular weight is 360 g/mol. The van der Waals surface area contributed by atoms with E-state index in [9.17, 15) is 0 Å². The summed E-state index contributed by atoms with van der Waals surface area (Å²) in [5, 5.41) is 0. The van der Waals surface area contributed by atoms with E-state index in [-0.39, 0.29) is 10.8 Å². The first-order valence-corrected chi connectivity index (χ1v) is 9.99. The Labute approximate surface area is 163 Å². The standard InChI is InChI=1S/C25H31N2/c1-24(2)18-12-7-9-14-20(18)26(5)22(24)16-11-17-23-25(3,4)19-13-8-10-15-21(19)27(23)6/h7-10,12-16H,11,17H2,1-6H3/q+1/b22-16-. The van der Waals surface area contributed by atoms with Crippen LogP contribution in [0.3, 0.4) is 0 Å². The Morgan fingerprint density at radius 1 is 0.889 bits per heavy atom. The number of fused-ring (bicyclic) bond motifs is 2. The zero-order chi connectivity index (χ0) is 19.4. The van der Waals surface area contributed by atoms with Crippen LogP contribution in [-0.2, 0) is 10.8 Å². The molecule has 2 aliphatic rings. The first-order valence-electron chi connectivity index (χ1n) is 9.99. The molecule has 0 saturated carbocycles. The molecule has 2 heterocycles. The first-order chi connectivity index (χ1) is 12.8. The van der Waals surface area contributed by atoms with Crippen molar-refractivity contribution in [2.45, 2.75) is 51.4 Å². The fourth-order valence-electron chi connectivity index (χ4n) is 5.21. The van der Waals surface area contributed by atoms with E-state index < -0.39 is 0 Å². The third-order valence-corrected chi connectivity index (χ3v) is 6.72. The summed E-state index contributed by atoms with van der Waals surface area (Å²) in [7, 11) is 4.42. The van der Waals surface area contributed by atoms with Gasteiger partial charge in [-0.15, -0.1) is 0 Å². The Hall–Kier alpha value is -2.35. The van der Waals surface area contributed by atoms with Crippen LogP contribution in [0.25, 0.3) is 0 Å². The molecule has 2 aromatic carbocycles. The predicted octanol–water partition coefficient (Wildman–Crippen LogP) is 5.78. The summed E-state index contributed by atoms with van der Waals surface area (Å²) in [6.45, 7) is 9.41. The molecular formula is C25H31N2+. The van der Waals surface area contributed by atoms with Gasteiger partial charge in [-0.25, -0.2) is 4.58 Å². The maximum absolute atomic E-state index is 2.46. The van der Waals surface area contributed by atoms with Crippen molar-refractivity contribution < 1.29 is 4.58 Å². The van der Waals surface area contributed by atoms with Crippen LogP contribution in [-0.4, -0.2) is 24.4 Å². The number of anilines is 1. The van der Waals surface area contributed by atoms with Crippen LogP contribution in [0, 0.1) is 0 Å². The van der Waals surface area contributed by atoms with Crippen LogP contribution in [0.5, 0.6) is 0 Å². The van der Waals surface area contributed by atoms with Crippen molar-refractivity contribution >= 4 is 17.1 Å². The minimum Gasteiger partial charge on any atom is -0.347 e. The molecular weight excluding hydrogens is 328 g/mol. The van der Waals surface area contributed by atoms with Crippen LogP contribution in [0.2, 0.25) is 0 Å². The summed E-state index contributed by atoms with van der Waals surface area (Å²) < 4.78 is 2.41. The number of rotatable bonds is 3. The largest absolute Gasteiger partial charge is 0.347 e. The molecule has 2 aromatic rings. The Balaban J connectivity index is 1.60. The molecule has 27 heavy (non-hydrogen) atoms. The monoisotopic (exact) mass is 359 g/mol. The van der Waals surface area contributed by atoms with E-state index in [0.29, 0.717) is 0 Å². The SMILES string of the molecule is CN1/C(=C\CCC2=[N+](C)c3ccccc3C2(C)C)C(C)(C)c2ccccc21. The third-order valence-electron chi connectivity index (χ3n) is 6.72. The Morgan fingerprint density at radius 3 is 2.19 bits per heavy atom. The van der Waals surface area contributed by atoms with Crippen LogP contribution in [0.1, 0.15) is 51.7 Å². The molecule has 0 aromatic heterocycles. The van der Waals surface area contributed by atoms with Crippen LogP contribution in [0.15, 0.2) is 60.3 Å². The molecule has 0 saturated heterocycles. The lowest BCUT2D eigenvalue weighted by Crippen LogP contribution is -2.28. The predicted molar refractivity (Wildman–Crippen MR) is 116 cm³/mol. The van der Waals surface area contributed by atoms with Crippen molar-refractivity contribution in [2.75, 3.05) is 19.0 Å². The van der Waals surface area contributed by atoms with Gasteiger partial charge in [0.15, 0.2) is 5.71 Å². The number of para-hydroxylation sites is 2. The molecule has 0 bridgehead atoms. The van der Waals surface area contributed by atoms with Gasteiger partial charge in [0.05, 0.1) is 5.41 Å². The van der Waals surface area contributed by atoms with Crippen LogP contribution in [0.4, 0.5) is 11.4 Å². The van der Waals surface area contributed by atoms with E-state index >= 15 is 0 Å². The maximum atomic E-state index is 2.46. The lowest BCUT2D eigenvalue weighted by molar-refractivity contribution is -0.404. The molecule has 0 N–H and O–H groups in total. The third kappa shape index (κ3) is 2.57. The minimum absolute atomic E-state index is 0.0655. The van der Waals surface area contributed by atoms with E-state index in [2.05, 4.69) is 106 Å². The second-order valence-electron chi connectivity index (χ2n) is 8.98. The fourth-order valence-corrected chi connectivity index (χ4v) is 5.21. The van der Waals surface area contributed by atoms with Gasteiger partial charge in [-0.05, 0) is 31.9 Å². The molecule has 2 heteroatoms. The minimum atomic E-state index is 0.0655. The molecule has 0 atom stereocenters. The summed E-state index contributed by atoms with van der Waals surface area (Å²) in [4.78, 5) is 2.37. The molecule has 0 radical (unpaired) electrons. The topological polar surface area (TPSA) is 6.25 Å². The van der Waals surface area contributed by atoms with Gasteiger partial charge in [-0.1, -0.05) is 56.3 Å². The molecule has 0 spiro atoms. The van der Waals surface area contributed by atoms with Crippen LogP contribution < -0.4 is 4.90 Å². The Bertz CT molecular complexity index is 960. The molecule has 2 aliphatic heterocycles. The second-order valence-corrected chi connectivity index (χ2v) is 8.98. The molecule has 140 valence electrons. The first kappa shape index (κ1) is 18.0. The van der Waals surface area contributed by atoms with E-state index in [1.54, 1.807) is 0 Å². The van der Waals surface area contributed by atoms with Crippen molar-refractivity contribution in [2.24, 2.45) is 0 Å². The van der Waals surface area contributed by atoms with E-state index in [1.807, 2.05) is 0 Å². The smallest absolute Gasteiger partial charge is 0.209 e. The van der Waals surface area contributed by atoms with Crippen molar-refractivity contribution in [1.29, 1.82) is 0 Å². The highest BCUT2D eigenvalue weighted by atomic mass is 15.2. The summed E-state index contributed by atoms with van der Waals surface area (Å²) in [5.41, 5.74) is 8.66. The molecule has 0 aliphatic carbocycles. The fraction of sp³-hybridized carbons (Fsp3) is 0.400. The second kappa shape index (κ2) is 6.09. The number of benzene rings is 2. The Morgan fingerprint density at radius 2 is 1.52 bits per heavy atom. The van der Waals surface area contributed by atoms with E-state index in [1.165, 1.54) is 33.9 Å². The number of allylic oxidation sites excluding steroid dienone is 2. The summed E-state index contributed by atoms with van der Waals surface area (Å²) in [6, 6.07) is 17.6. The van der Waals surface area contributed by atoms with E-state index in [0.717, 1.165) is 12.8 Å². The number of hydrogen-bond acceptors (Lipinski definition) is 1. The molecule has 0 unspecified atom stereocenters. The normalized spacial score (nSPS) is 21.0. The number of likely N-dealkylation sites (N-methyl/N-ethyl adjacent to an activating group) is 1. The zero-order valence-electron chi connectivity index (χ0n) is 17.5. The maximum Gasteiger partial charge on any atom is 0.209 e. The van der Waals surface area contributed by atoms with Gasteiger partial charge in [-0.3, -0.25) is 0 Å².